The lowest BCUT2D eigenvalue weighted by atomic mass is 9.96. The quantitative estimate of drug-likeness (QED) is 0.916. The Morgan fingerprint density at radius 3 is 2.90 bits per heavy atom. The smallest absolute Gasteiger partial charge is 0.0506 e. The third-order valence-corrected chi connectivity index (χ3v) is 4.54. The van der Waals surface area contributed by atoms with Gasteiger partial charge < -0.3 is 10.1 Å². The summed E-state index contributed by atoms with van der Waals surface area (Å²) >= 11 is 0. The third kappa shape index (κ3) is 3.40. The highest BCUT2D eigenvalue weighted by atomic mass is 16.5. The van der Waals surface area contributed by atoms with Crippen LogP contribution in [0.3, 0.4) is 0 Å². The van der Waals surface area contributed by atoms with Gasteiger partial charge in [0.1, 0.15) is 0 Å². The van der Waals surface area contributed by atoms with Crippen molar-refractivity contribution in [2.24, 2.45) is 5.92 Å². The molecule has 0 aromatic heterocycles. The minimum Gasteiger partial charge on any atom is -0.381 e. The summed E-state index contributed by atoms with van der Waals surface area (Å²) < 4.78 is 5.65. The topological polar surface area (TPSA) is 24.5 Å². The molecule has 3 unspecified atom stereocenters. The third-order valence-electron chi connectivity index (χ3n) is 4.54. The van der Waals surface area contributed by atoms with Crippen molar-refractivity contribution in [2.45, 2.75) is 31.8 Å². The van der Waals surface area contributed by atoms with Crippen LogP contribution in [0, 0.1) is 5.92 Å². The summed E-state index contributed by atoms with van der Waals surface area (Å²) in [5.74, 6) is 0.709. The fourth-order valence-corrected chi connectivity index (χ4v) is 3.47. The number of hydrogen-bond donors (Lipinski definition) is 1. The molecule has 2 aliphatic heterocycles. The van der Waals surface area contributed by atoms with Gasteiger partial charge in [-0.15, -0.1) is 0 Å². The zero-order valence-electron chi connectivity index (χ0n) is 12.4. The average Bonchev–Trinajstić information content (AvgIpc) is 2.49. The largest absolute Gasteiger partial charge is 0.381 e. The lowest BCUT2D eigenvalue weighted by molar-refractivity contribution is 0.0223. The SMILES string of the molecule is CC1CN(CC2CCCOC2)C(c2ccccc2)CN1. The van der Waals surface area contributed by atoms with Crippen LogP contribution in [0.15, 0.2) is 30.3 Å². The van der Waals surface area contributed by atoms with E-state index in [2.05, 4.69) is 47.5 Å². The molecule has 110 valence electrons. The van der Waals surface area contributed by atoms with E-state index in [-0.39, 0.29) is 0 Å². The Hall–Kier alpha value is -0.900. The molecule has 2 fully saturated rings. The molecule has 0 spiro atoms. The van der Waals surface area contributed by atoms with E-state index in [1.54, 1.807) is 0 Å². The fraction of sp³-hybridized carbons (Fsp3) is 0.647. The minimum absolute atomic E-state index is 0.509. The Morgan fingerprint density at radius 2 is 2.15 bits per heavy atom. The van der Waals surface area contributed by atoms with Gasteiger partial charge in [0.05, 0.1) is 6.61 Å². The van der Waals surface area contributed by atoms with Gasteiger partial charge in [0.15, 0.2) is 0 Å². The second-order valence-electron chi connectivity index (χ2n) is 6.27. The van der Waals surface area contributed by atoms with Crippen molar-refractivity contribution in [3.63, 3.8) is 0 Å². The summed E-state index contributed by atoms with van der Waals surface area (Å²) in [5, 5.41) is 3.62. The second-order valence-corrected chi connectivity index (χ2v) is 6.27. The summed E-state index contributed by atoms with van der Waals surface area (Å²) in [6.07, 6.45) is 2.54. The van der Waals surface area contributed by atoms with Gasteiger partial charge in [-0.3, -0.25) is 4.90 Å². The highest BCUT2D eigenvalue weighted by Gasteiger charge is 2.29. The highest BCUT2D eigenvalue weighted by Crippen LogP contribution is 2.26. The Balaban J connectivity index is 1.69. The van der Waals surface area contributed by atoms with Crippen LogP contribution in [0.4, 0.5) is 0 Å². The van der Waals surface area contributed by atoms with Gasteiger partial charge in [0, 0.05) is 38.3 Å². The molecule has 0 amide bonds. The van der Waals surface area contributed by atoms with Crippen molar-refractivity contribution in [1.29, 1.82) is 0 Å². The van der Waals surface area contributed by atoms with Gasteiger partial charge in [0.2, 0.25) is 0 Å². The highest BCUT2D eigenvalue weighted by molar-refractivity contribution is 5.20. The first-order valence-corrected chi connectivity index (χ1v) is 7.93. The van der Waals surface area contributed by atoms with Crippen LogP contribution >= 0.6 is 0 Å². The fourth-order valence-electron chi connectivity index (χ4n) is 3.47. The van der Waals surface area contributed by atoms with E-state index in [0.717, 1.165) is 26.3 Å². The first-order valence-electron chi connectivity index (χ1n) is 7.93. The van der Waals surface area contributed by atoms with E-state index in [1.165, 1.54) is 24.9 Å². The van der Waals surface area contributed by atoms with E-state index in [9.17, 15) is 0 Å². The Morgan fingerprint density at radius 1 is 1.30 bits per heavy atom. The van der Waals surface area contributed by atoms with Crippen LogP contribution in [0.5, 0.6) is 0 Å². The Bertz CT molecular complexity index is 403. The molecule has 0 radical (unpaired) electrons. The van der Waals surface area contributed by atoms with Crippen molar-refractivity contribution in [3.05, 3.63) is 35.9 Å². The first kappa shape index (κ1) is 14.1. The molecule has 2 saturated heterocycles. The predicted molar refractivity (Wildman–Crippen MR) is 81.8 cm³/mol. The van der Waals surface area contributed by atoms with Crippen molar-refractivity contribution in [1.82, 2.24) is 10.2 Å². The van der Waals surface area contributed by atoms with E-state index >= 15 is 0 Å². The molecule has 3 heteroatoms. The zero-order chi connectivity index (χ0) is 13.8. The Labute approximate surface area is 122 Å². The standard InChI is InChI=1S/C17H26N2O/c1-14-11-19(12-15-6-5-9-20-13-15)17(10-18-14)16-7-3-2-4-8-16/h2-4,7-8,14-15,17-18H,5-6,9-13H2,1H3. The molecule has 3 nitrogen and oxygen atoms in total. The number of rotatable bonds is 3. The lowest BCUT2D eigenvalue weighted by Gasteiger charge is -2.41. The van der Waals surface area contributed by atoms with Crippen LogP contribution < -0.4 is 5.32 Å². The first-order chi connectivity index (χ1) is 9.83. The van der Waals surface area contributed by atoms with Gasteiger partial charge in [0.25, 0.3) is 0 Å². The molecule has 0 aliphatic carbocycles. The number of piperazine rings is 1. The summed E-state index contributed by atoms with van der Waals surface area (Å²) in [7, 11) is 0. The van der Waals surface area contributed by atoms with Gasteiger partial charge in [-0.25, -0.2) is 0 Å². The summed E-state index contributed by atoms with van der Waals surface area (Å²) in [6.45, 7) is 7.54. The van der Waals surface area contributed by atoms with E-state index in [4.69, 9.17) is 4.74 Å². The van der Waals surface area contributed by atoms with Gasteiger partial charge in [-0.2, -0.15) is 0 Å². The molecule has 1 aromatic rings. The van der Waals surface area contributed by atoms with E-state index < -0.39 is 0 Å². The monoisotopic (exact) mass is 274 g/mol. The lowest BCUT2D eigenvalue weighted by Crippen LogP contribution is -2.52. The van der Waals surface area contributed by atoms with E-state index in [0.29, 0.717) is 18.0 Å². The average molecular weight is 274 g/mol. The molecule has 0 bridgehead atoms. The van der Waals surface area contributed by atoms with Crippen LogP contribution in [-0.4, -0.2) is 43.8 Å². The number of ether oxygens (including phenoxy) is 1. The van der Waals surface area contributed by atoms with E-state index in [1.807, 2.05) is 0 Å². The molecule has 0 saturated carbocycles. The van der Waals surface area contributed by atoms with Gasteiger partial charge in [-0.1, -0.05) is 30.3 Å². The van der Waals surface area contributed by atoms with Crippen molar-refractivity contribution in [3.8, 4) is 0 Å². The number of hydrogen-bond acceptors (Lipinski definition) is 3. The molecule has 2 heterocycles. The molecular formula is C17H26N2O. The summed E-state index contributed by atoms with van der Waals surface area (Å²) in [4.78, 5) is 2.66. The molecule has 2 aliphatic rings. The van der Waals surface area contributed by atoms with Crippen molar-refractivity contribution in [2.75, 3.05) is 32.8 Å². The maximum absolute atomic E-state index is 5.65. The normalized spacial score (nSPS) is 32.1. The van der Waals surface area contributed by atoms with Crippen LogP contribution in [-0.2, 0) is 4.74 Å². The minimum atomic E-state index is 0.509. The maximum atomic E-state index is 5.65. The zero-order valence-corrected chi connectivity index (χ0v) is 12.4. The maximum Gasteiger partial charge on any atom is 0.0506 e. The van der Waals surface area contributed by atoms with Crippen molar-refractivity contribution < 1.29 is 4.74 Å². The molecular weight excluding hydrogens is 248 g/mol. The molecule has 1 aromatic carbocycles. The Kier molecular flexibility index (Phi) is 4.71. The molecule has 20 heavy (non-hydrogen) atoms. The number of nitrogens with one attached hydrogen (secondary N) is 1. The molecule has 3 rings (SSSR count). The molecule has 3 atom stereocenters. The van der Waals surface area contributed by atoms with Crippen molar-refractivity contribution >= 4 is 0 Å². The van der Waals surface area contributed by atoms with Gasteiger partial charge in [-0.05, 0) is 31.2 Å². The second kappa shape index (κ2) is 6.70. The number of nitrogens with zero attached hydrogens (tertiary/aromatic N) is 1. The number of benzene rings is 1. The molecule has 1 N–H and O–H groups in total. The van der Waals surface area contributed by atoms with Crippen LogP contribution in [0.2, 0.25) is 0 Å². The van der Waals surface area contributed by atoms with Crippen LogP contribution in [0.25, 0.3) is 0 Å². The predicted octanol–water partition coefficient (Wildman–Crippen LogP) is 2.45. The van der Waals surface area contributed by atoms with Crippen LogP contribution in [0.1, 0.15) is 31.4 Å². The summed E-state index contributed by atoms with van der Waals surface area (Å²) in [5.41, 5.74) is 1.43. The van der Waals surface area contributed by atoms with Gasteiger partial charge >= 0.3 is 0 Å². The summed E-state index contributed by atoms with van der Waals surface area (Å²) in [6, 6.07) is 12.0.